The Labute approximate surface area is 339 Å². The molecule has 0 bridgehead atoms. The van der Waals surface area contributed by atoms with Gasteiger partial charge in [0.2, 0.25) is 47.3 Å². The van der Waals surface area contributed by atoms with Crippen LogP contribution in [0.25, 0.3) is 0 Å². The molecule has 2 rings (SSSR count). The first kappa shape index (κ1) is 49.3. The van der Waals surface area contributed by atoms with Crippen molar-refractivity contribution in [1.82, 2.24) is 41.7 Å². The molecule has 0 radical (unpaired) electrons. The van der Waals surface area contributed by atoms with E-state index >= 15 is 0 Å². The fourth-order valence-electron chi connectivity index (χ4n) is 6.91. The Morgan fingerprint density at radius 3 is 1.71 bits per heavy atom. The van der Waals surface area contributed by atoms with Gasteiger partial charge >= 0.3 is 5.97 Å². The Kier molecular flexibility index (Phi) is 20.0. The summed E-state index contributed by atoms with van der Waals surface area (Å²) in [7, 11) is 0. The topological polar surface area (TPSA) is 299 Å². The van der Waals surface area contributed by atoms with Crippen molar-refractivity contribution in [3.63, 3.8) is 0 Å². The summed E-state index contributed by atoms with van der Waals surface area (Å²) < 4.78 is 0. The van der Waals surface area contributed by atoms with Gasteiger partial charge < -0.3 is 57.6 Å². The number of amides is 8. The minimum atomic E-state index is -1.48. The summed E-state index contributed by atoms with van der Waals surface area (Å²) in [6.45, 7) is 11.1. The molecule has 0 aromatic rings. The van der Waals surface area contributed by atoms with E-state index in [-0.39, 0.29) is 56.7 Å². The maximum Gasteiger partial charge on any atom is 0.326 e. The normalized spacial score (nSPS) is 19.2. The first-order valence-electron chi connectivity index (χ1n) is 20.1. The Hall–Kier alpha value is -4.85. The molecule has 2 fully saturated rings. The number of hydrogen-bond donors (Lipinski definition) is 9. The van der Waals surface area contributed by atoms with Crippen LogP contribution in [-0.4, -0.2) is 148 Å². The average molecular weight is 824 g/mol. The summed E-state index contributed by atoms with van der Waals surface area (Å²) in [6.07, 6.45) is 2.27. The van der Waals surface area contributed by atoms with E-state index in [0.717, 1.165) is 0 Å². The highest BCUT2D eigenvalue weighted by Gasteiger charge is 2.40. The quantitative estimate of drug-likeness (QED) is 0.0558. The zero-order valence-corrected chi connectivity index (χ0v) is 34.8. The number of carboxylic acids is 1. The van der Waals surface area contributed by atoms with Crippen LogP contribution in [-0.2, 0) is 43.2 Å². The second kappa shape index (κ2) is 23.5. The maximum absolute atomic E-state index is 13.6. The molecule has 0 unspecified atom stereocenters. The Morgan fingerprint density at radius 2 is 1.16 bits per heavy atom. The zero-order valence-electron chi connectivity index (χ0n) is 34.8. The third kappa shape index (κ3) is 15.5. The van der Waals surface area contributed by atoms with Gasteiger partial charge in [0.25, 0.3) is 0 Å². The van der Waals surface area contributed by atoms with Crippen LogP contribution in [0.5, 0.6) is 0 Å². The average Bonchev–Trinajstić information content (AvgIpc) is 3.84. The van der Waals surface area contributed by atoms with Crippen LogP contribution in [0.2, 0.25) is 0 Å². The van der Waals surface area contributed by atoms with Gasteiger partial charge in [-0.05, 0) is 69.6 Å². The molecule has 2 aliphatic rings. The van der Waals surface area contributed by atoms with Crippen molar-refractivity contribution >= 4 is 53.2 Å². The van der Waals surface area contributed by atoms with Crippen molar-refractivity contribution < 1.29 is 53.4 Å². The van der Waals surface area contributed by atoms with E-state index in [2.05, 4.69) is 31.9 Å². The lowest BCUT2D eigenvalue weighted by Gasteiger charge is -2.30. The van der Waals surface area contributed by atoms with Gasteiger partial charge in [-0.15, -0.1) is 0 Å². The second-order valence-corrected chi connectivity index (χ2v) is 16.4. The summed E-state index contributed by atoms with van der Waals surface area (Å²) in [5, 5.41) is 34.5. The molecule has 328 valence electrons. The molecule has 8 amide bonds. The lowest BCUT2D eigenvalue weighted by atomic mass is 10.0. The molecule has 58 heavy (non-hydrogen) atoms. The molecule has 0 aromatic carbocycles. The smallest absolute Gasteiger partial charge is 0.326 e. The molecule has 20 nitrogen and oxygen atoms in total. The molecular weight excluding hydrogens is 758 g/mol. The summed E-state index contributed by atoms with van der Waals surface area (Å²) >= 11 is 0. The molecule has 0 aromatic heterocycles. The van der Waals surface area contributed by atoms with Crippen molar-refractivity contribution in [1.29, 1.82) is 0 Å². The molecular formula is C38H65N9O11. The van der Waals surface area contributed by atoms with Crippen molar-refractivity contribution in [2.45, 2.75) is 136 Å². The molecule has 0 aliphatic carbocycles. The largest absolute Gasteiger partial charge is 0.480 e. The third-order valence-electron chi connectivity index (χ3n) is 9.84. The highest BCUT2D eigenvalue weighted by molar-refractivity contribution is 5.97. The second-order valence-electron chi connectivity index (χ2n) is 16.4. The first-order chi connectivity index (χ1) is 27.2. The lowest BCUT2D eigenvalue weighted by molar-refractivity contribution is -0.143. The number of rotatable bonds is 22. The SMILES string of the molecule is CC(C)C[C@H](NC(=O)[C@H](C)NC(=O)CNC(=O)[C@@H]1CCCN1C(=O)[C@H](CO)NC(=O)[C@H](CC(C)C)NC(=O)[C@@H]1CCCN1C(=O)CNC(=O)[C@@H](N)CC(C)C)C(=O)O. The van der Waals surface area contributed by atoms with Gasteiger partial charge in [-0.2, -0.15) is 0 Å². The lowest BCUT2D eigenvalue weighted by Crippen LogP contribution is -2.59. The van der Waals surface area contributed by atoms with E-state index < -0.39 is 109 Å². The number of aliphatic hydroxyl groups is 1. The van der Waals surface area contributed by atoms with Crippen molar-refractivity contribution in [3.05, 3.63) is 0 Å². The minimum absolute atomic E-state index is 0.0102. The summed E-state index contributed by atoms with van der Waals surface area (Å²) in [4.78, 5) is 118. The van der Waals surface area contributed by atoms with E-state index in [1.165, 1.54) is 16.7 Å². The number of aliphatic hydroxyl groups excluding tert-OH is 1. The number of aliphatic carboxylic acids is 1. The molecule has 2 aliphatic heterocycles. The predicted molar refractivity (Wildman–Crippen MR) is 210 cm³/mol. The van der Waals surface area contributed by atoms with Crippen LogP contribution >= 0.6 is 0 Å². The molecule has 10 N–H and O–H groups in total. The van der Waals surface area contributed by atoms with Gasteiger partial charge in [0.05, 0.1) is 25.7 Å². The highest BCUT2D eigenvalue weighted by atomic mass is 16.4. The van der Waals surface area contributed by atoms with Gasteiger partial charge in [0.1, 0.15) is 36.3 Å². The number of nitrogens with one attached hydrogen (secondary N) is 6. The van der Waals surface area contributed by atoms with Gasteiger partial charge in [-0.3, -0.25) is 38.4 Å². The molecule has 20 heteroatoms. The fourth-order valence-corrected chi connectivity index (χ4v) is 6.91. The van der Waals surface area contributed by atoms with E-state index in [0.29, 0.717) is 25.7 Å². The summed E-state index contributed by atoms with van der Waals surface area (Å²) in [6, 6.07) is -7.60. The van der Waals surface area contributed by atoms with Crippen LogP contribution in [0, 0.1) is 17.8 Å². The molecule has 0 saturated carbocycles. The van der Waals surface area contributed by atoms with E-state index in [1.54, 1.807) is 13.8 Å². The van der Waals surface area contributed by atoms with Gasteiger partial charge in [-0.25, -0.2) is 4.79 Å². The van der Waals surface area contributed by atoms with E-state index in [1.807, 2.05) is 27.7 Å². The monoisotopic (exact) mass is 823 g/mol. The number of nitrogens with zero attached hydrogens (tertiary/aromatic N) is 2. The fraction of sp³-hybridized carbons (Fsp3) is 0.763. The van der Waals surface area contributed by atoms with E-state index in [9.17, 15) is 53.4 Å². The maximum atomic E-state index is 13.6. The molecule has 2 heterocycles. The standard InChI is InChI=1S/C38H65N9O11/c1-20(2)14-24(39)33(52)41-18-31(50)46-12-8-11-29(46)36(55)43-25(15-21(3)4)34(53)45-27(19-48)37(56)47-13-9-10-28(47)35(54)40-17-30(49)42-23(7)32(51)44-26(38(57)58)16-22(5)6/h20-29,48H,8-19,39H2,1-7H3,(H,40,54)(H,41,52)(H,42,49)(H,43,55)(H,44,51)(H,45,53)(H,57,58)/t23-,24-,25-,26-,27-,28-,29-/m0/s1. The number of likely N-dealkylation sites (tertiary alicyclic amines) is 2. The molecule has 2 saturated heterocycles. The van der Waals surface area contributed by atoms with Crippen molar-refractivity contribution in [2.75, 3.05) is 32.8 Å². The molecule has 7 atom stereocenters. The minimum Gasteiger partial charge on any atom is -0.480 e. The Bertz CT molecular complexity index is 1490. The van der Waals surface area contributed by atoms with Gasteiger partial charge in [0, 0.05) is 13.1 Å². The van der Waals surface area contributed by atoms with Gasteiger partial charge in [0.15, 0.2) is 0 Å². The predicted octanol–water partition coefficient (Wildman–Crippen LogP) is -2.30. The van der Waals surface area contributed by atoms with Crippen molar-refractivity contribution in [3.8, 4) is 0 Å². The van der Waals surface area contributed by atoms with Gasteiger partial charge in [-0.1, -0.05) is 41.5 Å². The van der Waals surface area contributed by atoms with E-state index in [4.69, 9.17) is 5.73 Å². The Morgan fingerprint density at radius 1 is 0.621 bits per heavy atom. The van der Waals surface area contributed by atoms with Crippen LogP contribution < -0.4 is 37.6 Å². The number of carbonyl (C=O) groups excluding carboxylic acids is 8. The van der Waals surface area contributed by atoms with Crippen LogP contribution in [0.4, 0.5) is 0 Å². The van der Waals surface area contributed by atoms with Crippen LogP contribution in [0.15, 0.2) is 0 Å². The third-order valence-corrected chi connectivity index (χ3v) is 9.84. The van der Waals surface area contributed by atoms with Crippen LogP contribution in [0.1, 0.15) is 93.4 Å². The van der Waals surface area contributed by atoms with Crippen molar-refractivity contribution in [2.24, 2.45) is 23.5 Å². The summed E-state index contributed by atoms with van der Waals surface area (Å²) in [5.74, 6) is -6.33. The number of nitrogens with two attached hydrogens (primary N) is 1. The number of hydrogen-bond acceptors (Lipinski definition) is 11. The summed E-state index contributed by atoms with van der Waals surface area (Å²) in [5.41, 5.74) is 5.91. The molecule has 0 spiro atoms. The number of carbonyl (C=O) groups is 9. The number of carboxylic acid groups (broad SMARTS) is 1. The highest BCUT2D eigenvalue weighted by Crippen LogP contribution is 2.20. The zero-order chi connectivity index (χ0) is 43.9. The first-order valence-corrected chi connectivity index (χ1v) is 20.1. The Balaban J connectivity index is 2.00. The van der Waals surface area contributed by atoms with Crippen LogP contribution in [0.3, 0.4) is 0 Å².